The van der Waals surface area contributed by atoms with Gasteiger partial charge in [0.15, 0.2) is 0 Å². The number of aliphatic hydroxyl groups is 2. The molecule has 3 N–H and O–H groups in total. The van der Waals surface area contributed by atoms with Gasteiger partial charge >= 0.3 is 0 Å². The number of carbonyl (C=O) groups is 1. The molecule has 404 valence electrons. The van der Waals surface area contributed by atoms with Crippen molar-refractivity contribution >= 4 is 5.91 Å². The lowest BCUT2D eigenvalue weighted by molar-refractivity contribution is -0.123. The first-order chi connectivity index (χ1) is 33.7. The monoisotopic (exact) mass is 956 g/mol. The zero-order valence-electron chi connectivity index (χ0n) is 46.7. The molecule has 0 radical (unpaired) electrons. The van der Waals surface area contributed by atoms with Crippen molar-refractivity contribution in [2.45, 2.75) is 373 Å². The number of unbranched alkanes of at least 4 members (excludes halogenated alkanes) is 50. The van der Waals surface area contributed by atoms with Crippen molar-refractivity contribution in [2.24, 2.45) is 0 Å². The van der Waals surface area contributed by atoms with Gasteiger partial charge in [-0.15, -0.1) is 0 Å². The number of allylic oxidation sites excluding steroid dienone is 3. The van der Waals surface area contributed by atoms with Crippen LogP contribution in [0.25, 0.3) is 0 Å². The van der Waals surface area contributed by atoms with Crippen LogP contribution in [-0.4, -0.2) is 34.9 Å². The van der Waals surface area contributed by atoms with Crippen LogP contribution in [0.15, 0.2) is 24.3 Å². The minimum absolute atomic E-state index is 0.0653. The van der Waals surface area contributed by atoms with Gasteiger partial charge in [-0.3, -0.25) is 4.79 Å². The number of hydrogen-bond donors (Lipinski definition) is 3. The average molecular weight is 957 g/mol. The lowest BCUT2D eigenvalue weighted by Gasteiger charge is -2.19. The van der Waals surface area contributed by atoms with Gasteiger partial charge in [-0.05, 0) is 32.1 Å². The first-order valence-corrected chi connectivity index (χ1v) is 31.6. The van der Waals surface area contributed by atoms with Gasteiger partial charge in [0.25, 0.3) is 0 Å². The quantitative estimate of drug-likeness (QED) is 0.0420. The van der Waals surface area contributed by atoms with Crippen LogP contribution in [0.3, 0.4) is 0 Å². The number of rotatable bonds is 59. The minimum Gasteiger partial charge on any atom is -0.394 e. The van der Waals surface area contributed by atoms with E-state index in [1.807, 2.05) is 6.08 Å². The molecule has 4 nitrogen and oxygen atoms in total. The highest BCUT2D eigenvalue weighted by Crippen LogP contribution is 2.19. The Morgan fingerprint density at radius 3 is 0.853 bits per heavy atom. The molecule has 0 aliphatic rings. The highest BCUT2D eigenvalue weighted by molar-refractivity contribution is 5.76. The zero-order valence-corrected chi connectivity index (χ0v) is 46.7. The van der Waals surface area contributed by atoms with Crippen molar-refractivity contribution < 1.29 is 15.0 Å². The van der Waals surface area contributed by atoms with Gasteiger partial charge in [0.2, 0.25) is 5.91 Å². The van der Waals surface area contributed by atoms with Crippen LogP contribution in [-0.2, 0) is 4.79 Å². The Hall–Kier alpha value is -1.13. The van der Waals surface area contributed by atoms with E-state index in [1.165, 1.54) is 308 Å². The van der Waals surface area contributed by atoms with Crippen LogP contribution in [0.5, 0.6) is 0 Å². The molecule has 0 aromatic rings. The molecule has 4 heteroatoms. The van der Waals surface area contributed by atoms with Crippen molar-refractivity contribution in [2.75, 3.05) is 6.61 Å². The highest BCUT2D eigenvalue weighted by Gasteiger charge is 2.18. The highest BCUT2D eigenvalue weighted by atomic mass is 16.3. The standard InChI is InChI=1S/C64H125NO3/c1-3-5-7-9-11-13-15-17-19-21-23-25-27-28-29-30-31-32-33-34-35-36-38-40-42-44-46-48-50-52-54-56-58-60-64(68)65-62(61-66)63(67)59-57-55-53-51-49-47-45-43-41-39-37-26-24-22-20-18-16-14-12-10-8-6-4-2/h49,51,57,59,62-63,66-67H,3-48,50,52-56,58,60-61H2,1-2H3,(H,65,68)/b51-49+,59-57+. The molecule has 0 bridgehead atoms. The van der Waals surface area contributed by atoms with Crippen molar-refractivity contribution in [1.82, 2.24) is 5.32 Å². The fourth-order valence-corrected chi connectivity index (χ4v) is 10.1. The van der Waals surface area contributed by atoms with Gasteiger partial charge in [-0.2, -0.15) is 0 Å². The van der Waals surface area contributed by atoms with Crippen molar-refractivity contribution in [3.8, 4) is 0 Å². The van der Waals surface area contributed by atoms with Crippen molar-refractivity contribution in [3.05, 3.63) is 24.3 Å². The van der Waals surface area contributed by atoms with Crippen LogP contribution in [0.2, 0.25) is 0 Å². The van der Waals surface area contributed by atoms with Gasteiger partial charge in [0, 0.05) is 6.42 Å². The van der Waals surface area contributed by atoms with Crippen LogP contribution < -0.4 is 5.32 Å². The predicted octanol–water partition coefficient (Wildman–Crippen LogP) is 21.0. The first kappa shape index (κ1) is 66.9. The second-order valence-electron chi connectivity index (χ2n) is 21.8. The van der Waals surface area contributed by atoms with E-state index >= 15 is 0 Å². The smallest absolute Gasteiger partial charge is 0.220 e. The van der Waals surface area contributed by atoms with E-state index in [2.05, 4.69) is 31.3 Å². The van der Waals surface area contributed by atoms with Crippen molar-refractivity contribution in [3.63, 3.8) is 0 Å². The van der Waals surface area contributed by atoms with E-state index in [0.29, 0.717) is 6.42 Å². The second-order valence-corrected chi connectivity index (χ2v) is 21.8. The molecule has 0 saturated heterocycles. The van der Waals surface area contributed by atoms with Crippen LogP contribution in [0, 0.1) is 0 Å². The molecule has 0 spiro atoms. The topological polar surface area (TPSA) is 69.6 Å². The van der Waals surface area contributed by atoms with Gasteiger partial charge in [-0.1, -0.05) is 346 Å². The summed E-state index contributed by atoms with van der Waals surface area (Å²) >= 11 is 0. The third-order valence-corrected chi connectivity index (χ3v) is 14.9. The number of nitrogens with one attached hydrogen (secondary N) is 1. The summed E-state index contributed by atoms with van der Waals surface area (Å²) in [6.07, 6.45) is 81.0. The molecule has 0 fully saturated rings. The number of carbonyl (C=O) groups excluding carboxylic acids is 1. The summed E-state index contributed by atoms with van der Waals surface area (Å²) < 4.78 is 0. The van der Waals surface area contributed by atoms with E-state index in [-0.39, 0.29) is 12.5 Å². The molecule has 0 rings (SSSR count). The Kier molecular flexibility index (Phi) is 59.2. The van der Waals surface area contributed by atoms with Crippen LogP contribution >= 0.6 is 0 Å². The molecule has 0 heterocycles. The molecule has 0 aliphatic carbocycles. The summed E-state index contributed by atoms with van der Waals surface area (Å²) in [6.45, 7) is 4.35. The van der Waals surface area contributed by atoms with Gasteiger partial charge < -0.3 is 15.5 Å². The van der Waals surface area contributed by atoms with Gasteiger partial charge in [0.1, 0.15) is 0 Å². The lowest BCUT2D eigenvalue weighted by Crippen LogP contribution is -2.45. The Labute approximate surface area is 428 Å². The molecule has 0 aliphatic heterocycles. The minimum atomic E-state index is -0.860. The third kappa shape index (κ3) is 55.8. The normalized spacial score (nSPS) is 12.8. The maximum atomic E-state index is 12.5. The Morgan fingerprint density at radius 1 is 0.338 bits per heavy atom. The van der Waals surface area contributed by atoms with Gasteiger partial charge in [0.05, 0.1) is 18.8 Å². The Balaban J connectivity index is 3.43. The Morgan fingerprint density at radius 2 is 0.574 bits per heavy atom. The summed E-state index contributed by atoms with van der Waals surface area (Å²) in [7, 11) is 0. The molecular formula is C64H125NO3. The average Bonchev–Trinajstić information content (AvgIpc) is 3.34. The lowest BCUT2D eigenvalue weighted by atomic mass is 10.0. The van der Waals surface area contributed by atoms with E-state index in [4.69, 9.17) is 0 Å². The zero-order chi connectivity index (χ0) is 49.2. The molecule has 0 aromatic carbocycles. The number of hydrogen-bond acceptors (Lipinski definition) is 3. The Bertz CT molecular complexity index is 994. The fourth-order valence-electron chi connectivity index (χ4n) is 10.1. The molecule has 0 aromatic heterocycles. The predicted molar refractivity (Wildman–Crippen MR) is 304 cm³/mol. The first-order valence-electron chi connectivity index (χ1n) is 31.6. The SMILES string of the molecule is CCCCCCCCCCCCCCCCCCC/C=C/CC/C=C/C(O)C(CO)NC(=O)CCCCCCCCCCCCCCCCCCCCCCCCCCCCCCCCCCC. The van der Waals surface area contributed by atoms with Crippen LogP contribution in [0.4, 0.5) is 0 Å². The molecular weight excluding hydrogens is 831 g/mol. The summed E-state index contributed by atoms with van der Waals surface area (Å²) in [4.78, 5) is 12.5. The second kappa shape index (κ2) is 60.2. The van der Waals surface area contributed by atoms with E-state index in [0.717, 1.165) is 32.1 Å². The fraction of sp³-hybridized carbons (Fsp3) is 0.922. The molecule has 0 saturated carbocycles. The summed E-state index contributed by atoms with van der Waals surface area (Å²) in [6, 6.07) is -0.637. The maximum absolute atomic E-state index is 12.5. The van der Waals surface area contributed by atoms with E-state index in [9.17, 15) is 15.0 Å². The van der Waals surface area contributed by atoms with Crippen molar-refractivity contribution in [1.29, 1.82) is 0 Å². The van der Waals surface area contributed by atoms with E-state index < -0.39 is 12.1 Å². The summed E-state index contributed by atoms with van der Waals surface area (Å²) in [5, 5.41) is 23.2. The summed E-state index contributed by atoms with van der Waals surface area (Å²) in [5.74, 6) is -0.0653. The molecule has 68 heavy (non-hydrogen) atoms. The van der Waals surface area contributed by atoms with E-state index in [1.54, 1.807) is 6.08 Å². The number of aliphatic hydroxyl groups excluding tert-OH is 2. The van der Waals surface area contributed by atoms with Crippen LogP contribution in [0.1, 0.15) is 361 Å². The number of amides is 1. The largest absolute Gasteiger partial charge is 0.394 e. The molecule has 2 atom stereocenters. The maximum Gasteiger partial charge on any atom is 0.220 e. The molecule has 2 unspecified atom stereocenters. The van der Waals surface area contributed by atoms with Gasteiger partial charge in [-0.25, -0.2) is 0 Å². The molecule has 1 amide bonds. The third-order valence-electron chi connectivity index (χ3n) is 14.9. The summed E-state index contributed by atoms with van der Waals surface area (Å²) in [5.41, 5.74) is 0.